The highest BCUT2D eigenvalue weighted by molar-refractivity contribution is 6.76. The smallest absolute Gasteiger partial charge is 0.189 e. The fourth-order valence-corrected chi connectivity index (χ4v) is 7.56. The van der Waals surface area contributed by atoms with Crippen molar-refractivity contribution in [2.75, 3.05) is 21.2 Å². The maximum Gasteiger partial charge on any atom is 0.189 e. The van der Waals surface area contributed by atoms with Gasteiger partial charge in [-0.1, -0.05) is 38.8 Å². The zero-order valence-electron chi connectivity index (χ0n) is 12.8. The largest absolute Gasteiger partial charge is 0.420 e. The third kappa shape index (κ3) is 3.43. The normalized spacial score (nSPS) is 27.5. The molecule has 1 aliphatic rings. The van der Waals surface area contributed by atoms with E-state index in [4.69, 9.17) is 4.43 Å². The van der Waals surface area contributed by atoms with Crippen LogP contribution in [0.15, 0.2) is 0 Å². The van der Waals surface area contributed by atoms with Crippen LogP contribution in [-0.2, 0) is 4.43 Å². The molecule has 1 aliphatic carbocycles. The third-order valence-electron chi connectivity index (χ3n) is 5.39. The molecule has 1 fully saturated rings. The van der Waals surface area contributed by atoms with Gasteiger partial charge in [0.15, 0.2) is 8.32 Å². The molecule has 0 atom stereocenters. The van der Waals surface area contributed by atoms with Crippen molar-refractivity contribution < 1.29 is 4.43 Å². The maximum atomic E-state index is 5.79. The average molecular weight is 274 g/mol. The van der Waals surface area contributed by atoms with Gasteiger partial charge in [0.05, 0.1) is 0 Å². The molecular weight excluding hydrogens is 242 g/mol. The Kier molecular flexibility index (Phi) is 5.03. The Labute approximate surface area is 110 Å². The van der Waals surface area contributed by atoms with Crippen molar-refractivity contribution in [1.29, 1.82) is 0 Å². The first-order valence-electron chi connectivity index (χ1n) is 6.94. The molecule has 1 rings (SSSR count). The summed E-state index contributed by atoms with van der Waals surface area (Å²) in [5.74, 6) is 0. The molecule has 102 valence electrons. The zero-order valence-corrected chi connectivity index (χ0v) is 14.8. The van der Waals surface area contributed by atoms with E-state index in [0.29, 0.717) is 0 Å². The van der Waals surface area contributed by atoms with E-state index >= 15 is 0 Å². The van der Waals surface area contributed by atoms with Crippen molar-refractivity contribution in [2.24, 2.45) is 0 Å². The minimum Gasteiger partial charge on any atom is -0.420 e. The molecule has 17 heavy (non-hydrogen) atoms. The predicted octanol–water partition coefficient (Wildman–Crippen LogP) is 3.92. The molecule has 4 heteroatoms. The van der Waals surface area contributed by atoms with E-state index in [1.807, 2.05) is 7.11 Å². The summed E-state index contributed by atoms with van der Waals surface area (Å²) in [6, 6.07) is 0. The second-order valence-electron chi connectivity index (χ2n) is 6.90. The molecule has 2 nitrogen and oxygen atoms in total. The molecule has 0 aromatic heterocycles. The molecule has 0 spiro atoms. The van der Waals surface area contributed by atoms with Crippen LogP contribution < -0.4 is 0 Å². The summed E-state index contributed by atoms with van der Waals surface area (Å²) in [5.41, 5.74) is 1.87. The summed E-state index contributed by atoms with van der Waals surface area (Å²) >= 11 is 0. The van der Waals surface area contributed by atoms with E-state index in [0.717, 1.165) is 11.1 Å². The average Bonchev–Trinajstić information content (AvgIpc) is 2.29. The van der Waals surface area contributed by atoms with Crippen LogP contribution in [0.4, 0.5) is 0 Å². The Morgan fingerprint density at radius 1 is 0.882 bits per heavy atom. The minimum absolute atomic E-state index is 0.885. The molecule has 0 radical (unpaired) electrons. The van der Waals surface area contributed by atoms with Gasteiger partial charge in [0.2, 0.25) is 0 Å². The highest BCUT2D eigenvalue weighted by Gasteiger charge is 2.41. The topological polar surface area (TPSA) is 12.5 Å². The fraction of sp³-hybridized carbons (Fsp3) is 1.00. The predicted molar refractivity (Wildman–Crippen MR) is 81.6 cm³/mol. The van der Waals surface area contributed by atoms with Crippen LogP contribution in [0, 0.1) is 0 Å². The summed E-state index contributed by atoms with van der Waals surface area (Å²) in [5, 5.41) is 0. The van der Waals surface area contributed by atoms with Crippen molar-refractivity contribution in [3.63, 3.8) is 0 Å². The number of hydrogen-bond acceptors (Lipinski definition) is 2. The molecule has 0 unspecified atom stereocenters. The van der Waals surface area contributed by atoms with Crippen molar-refractivity contribution >= 4 is 16.6 Å². The molecule has 0 amide bonds. The third-order valence-corrected chi connectivity index (χ3v) is 13.9. The number of nitrogens with zero attached hydrogens (tertiary/aromatic N) is 1. The molecule has 0 N–H and O–H groups in total. The van der Waals surface area contributed by atoms with E-state index in [1.165, 1.54) is 25.7 Å². The highest BCUT2D eigenvalue weighted by atomic mass is 28.4. The van der Waals surface area contributed by atoms with Gasteiger partial charge in [-0.2, -0.15) is 0 Å². The Bertz CT molecular complexity index is 246. The molecule has 1 saturated carbocycles. The Balaban J connectivity index is 2.57. The monoisotopic (exact) mass is 273 g/mol. The van der Waals surface area contributed by atoms with Gasteiger partial charge in [-0.3, -0.25) is 0 Å². The van der Waals surface area contributed by atoms with E-state index in [9.17, 15) is 0 Å². The van der Waals surface area contributed by atoms with E-state index in [2.05, 4.69) is 44.8 Å². The maximum absolute atomic E-state index is 5.79. The van der Waals surface area contributed by atoms with Gasteiger partial charge in [0.1, 0.15) is 8.24 Å². The van der Waals surface area contributed by atoms with Gasteiger partial charge in [-0.15, -0.1) is 0 Å². The minimum atomic E-state index is -1.39. The standard InChI is InChI=1S/C13H31NOSi2/c1-14(2)16(4,5)12-8-10-13(11-9-12)17(6,7)15-3/h12-13H,8-11H2,1-7H3. The Morgan fingerprint density at radius 2 is 1.29 bits per heavy atom. The van der Waals surface area contributed by atoms with Gasteiger partial charge < -0.3 is 8.99 Å². The Hall–Kier alpha value is 0.354. The van der Waals surface area contributed by atoms with Crippen LogP contribution in [0.3, 0.4) is 0 Å². The van der Waals surface area contributed by atoms with Crippen molar-refractivity contribution in [1.82, 2.24) is 4.57 Å². The molecular formula is C13H31NOSi2. The van der Waals surface area contributed by atoms with Gasteiger partial charge in [0.25, 0.3) is 0 Å². The first kappa shape index (κ1) is 15.4. The van der Waals surface area contributed by atoms with E-state index < -0.39 is 16.6 Å². The first-order chi connectivity index (χ1) is 7.71. The zero-order chi connectivity index (χ0) is 13.3. The quantitative estimate of drug-likeness (QED) is 0.720. The molecule has 0 aliphatic heterocycles. The SMILES string of the molecule is CO[Si](C)(C)C1CCC([Si](C)(C)N(C)C)CC1. The van der Waals surface area contributed by atoms with Crippen LogP contribution in [-0.4, -0.2) is 42.3 Å². The van der Waals surface area contributed by atoms with Crippen LogP contribution in [0.5, 0.6) is 0 Å². The van der Waals surface area contributed by atoms with Crippen molar-refractivity contribution in [2.45, 2.75) is 63.0 Å². The number of rotatable bonds is 4. The van der Waals surface area contributed by atoms with E-state index in [1.54, 1.807) is 0 Å². The molecule has 0 saturated heterocycles. The summed E-state index contributed by atoms with van der Waals surface area (Å²) < 4.78 is 8.31. The number of hydrogen-bond donors (Lipinski definition) is 0. The Morgan fingerprint density at radius 3 is 1.65 bits per heavy atom. The molecule has 0 aromatic rings. The fourth-order valence-electron chi connectivity index (χ4n) is 3.03. The van der Waals surface area contributed by atoms with Crippen LogP contribution in [0.2, 0.25) is 37.3 Å². The first-order valence-corrected chi connectivity index (χ1v) is 13.0. The van der Waals surface area contributed by atoms with Crippen molar-refractivity contribution in [3.05, 3.63) is 0 Å². The lowest BCUT2D eigenvalue weighted by Gasteiger charge is -2.44. The second-order valence-corrected chi connectivity index (χ2v) is 16.4. The highest BCUT2D eigenvalue weighted by Crippen LogP contribution is 2.45. The molecule has 0 aromatic carbocycles. The summed E-state index contributed by atoms with van der Waals surface area (Å²) in [6.07, 6.45) is 5.67. The second kappa shape index (κ2) is 5.55. The van der Waals surface area contributed by atoms with Crippen LogP contribution in [0.25, 0.3) is 0 Å². The summed E-state index contributed by atoms with van der Waals surface area (Å²) in [7, 11) is 3.89. The van der Waals surface area contributed by atoms with E-state index in [-0.39, 0.29) is 0 Å². The summed E-state index contributed by atoms with van der Waals surface area (Å²) in [6.45, 7) is 9.81. The molecule has 0 bridgehead atoms. The van der Waals surface area contributed by atoms with Crippen LogP contribution in [0.1, 0.15) is 25.7 Å². The lowest BCUT2D eigenvalue weighted by atomic mass is 9.99. The lowest BCUT2D eigenvalue weighted by Crippen LogP contribution is -2.49. The van der Waals surface area contributed by atoms with Gasteiger partial charge >= 0.3 is 0 Å². The molecule has 0 heterocycles. The van der Waals surface area contributed by atoms with Gasteiger partial charge in [-0.05, 0) is 38.3 Å². The van der Waals surface area contributed by atoms with Crippen molar-refractivity contribution in [3.8, 4) is 0 Å². The lowest BCUT2D eigenvalue weighted by molar-refractivity contribution is 0.359. The van der Waals surface area contributed by atoms with Crippen LogP contribution >= 0.6 is 0 Å². The van der Waals surface area contributed by atoms with Gasteiger partial charge in [0, 0.05) is 7.11 Å². The summed E-state index contributed by atoms with van der Waals surface area (Å²) in [4.78, 5) is 0. The van der Waals surface area contributed by atoms with Gasteiger partial charge in [-0.25, -0.2) is 0 Å².